The van der Waals surface area contributed by atoms with Crippen LogP contribution in [0.1, 0.15) is 43.0 Å². The molecule has 0 N–H and O–H groups in total. The van der Waals surface area contributed by atoms with Gasteiger partial charge < -0.3 is 0 Å². The molecule has 1 unspecified atom stereocenters. The summed E-state index contributed by atoms with van der Waals surface area (Å²) in [6, 6.07) is 6.26. The Kier molecular flexibility index (Phi) is 4.40. The van der Waals surface area contributed by atoms with Crippen molar-refractivity contribution >= 4 is 16.3 Å². The Labute approximate surface area is 144 Å². The van der Waals surface area contributed by atoms with Crippen molar-refractivity contribution in [2.45, 2.75) is 38.3 Å². The lowest BCUT2D eigenvalue weighted by molar-refractivity contribution is 0.190. The second-order valence-electron chi connectivity index (χ2n) is 6.26. The molecule has 0 aliphatic carbocycles. The van der Waals surface area contributed by atoms with Gasteiger partial charge in [0, 0.05) is 42.6 Å². The highest BCUT2D eigenvalue weighted by Crippen LogP contribution is 2.30. The van der Waals surface area contributed by atoms with Crippen LogP contribution in [0.25, 0.3) is 4.96 Å². The lowest BCUT2D eigenvalue weighted by Gasteiger charge is -2.29. The lowest BCUT2D eigenvalue weighted by Crippen LogP contribution is -2.29. The summed E-state index contributed by atoms with van der Waals surface area (Å²) in [6.45, 7) is 1.76. The quantitative estimate of drug-likeness (QED) is 0.734. The molecule has 0 amide bonds. The van der Waals surface area contributed by atoms with E-state index in [0.717, 1.165) is 30.2 Å². The average Bonchev–Trinajstić information content (AvgIpc) is 2.96. The van der Waals surface area contributed by atoms with E-state index in [2.05, 4.69) is 27.0 Å². The van der Waals surface area contributed by atoms with Crippen LogP contribution in [0.3, 0.4) is 0 Å². The smallest absolute Gasteiger partial charge is 0.258 e. The van der Waals surface area contributed by atoms with Crippen LogP contribution in [0.15, 0.2) is 47.0 Å². The van der Waals surface area contributed by atoms with Crippen LogP contribution < -0.4 is 5.56 Å². The molecule has 1 aliphatic rings. The molecule has 1 atom stereocenters. The van der Waals surface area contributed by atoms with E-state index in [1.165, 1.54) is 36.2 Å². The van der Waals surface area contributed by atoms with Gasteiger partial charge in [0.2, 0.25) is 0 Å². The van der Waals surface area contributed by atoms with E-state index in [1.54, 1.807) is 16.7 Å². The fraction of sp³-hybridized carbons (Fsp3) is 0.389. The van der Waals surface area contributed by atoms with Gasteiger partial charge in [0.15, 0.2) is 4.96 Å². The molecule has 4 heterocycles. The summed E-state index contributed by atoms with van der Waals surface area (Å²) in [5.41, 5.74) is 2.18. The molecule has 4 rings (SSSR count). The third kappa shape index (κ3) is 3.12. The summed E-state index contributed by atoms with van der Waals surface area (Å²) < 4.78 is 1.61. The fourth-order valence-electron chi connectivity index (χ4n) is 3.50. The van der Waals surface area contributed by atoms with Gasteiger partial charge in [0.25, 0.3) is 5.56 Å². The van der Waals surface area contributed by atoms with Crippen molar-refractivity contribution in [3.63, 3.8) is 0 Å². The normalized spacial score (nSPS) is 19.4. The highest BCUT2D eigenvalue weighted by molar-refractivity contribution is 7.15. The third-order valence-corrected chi connectivity index (χ3v) is 5.43. The van der Waals surface area contributed by atoms with Crippen molar-refractivity contribution in [2.75, 3.05) is 6.54 Å². The Hall–Kier alpha value is -2.05. The SMILES string of the molecule is O=c1cc(CN2CCCCCC2c2ccncc2)nc2sccn12. The standard InChI is InChI=1S/C18H20N4OS/c23-17-12-15(20-18-22(17)10-11-24-18)13-21-9-3-1-2-4-16(21)14-5-7-19-8-6-14/h5-8,10-12,16H,1-4,9,13H2. The molecule has 0 spiro atoms. The molecule has 0 bridgehead atoms. The predicted octanol–water partition coefficient (Wildman–Crippen LogP) is 3.27. The van der Waals surface area contributed by atoms with Crippen LogP contribution in [-0.2, 0) is 6.54 Å². The maximum absolute atomic E-state index is 12.2. The fourth-order valence-corrected chi connectivity index (χ4v) is 4.24. The minimum absolute atomic E-state index is 0.00605. The summed E-state index contributed by atoms with van der Waals surface area (Å²) >= 11 is 1.50. The first-order valence-electron chi connectivity index (χ1n) is 8.41. The van der Waals surface area contributed by atoms with Crippen LogP contribution in [0.4, 0.5) is 0 Å². The zero-order chi connectivity index (χ0) is 16.4. The summed E-state index contributed by atoms with van der Waals surface area (Å²) in [6.07, 6.45) is 10.3. The number of fused-ring (bicyclic) bond motifs is 1. The molecular weight excluding hydrogens is 320 g/mol. The topological polar surface area (TPSA) is 50.5 Å². The van der Waals surface area contributed by atoms with E-state index in [4.69, 9.17) is 0 Å². The van der Waals surface area contributed by atoms with Gasteiger partial charge in [-0.3, -0.25) is 19.1 Å². The van der Waals surface area contributed by atoms with Crippen LogP contribution in [0, 0.1) is 0 Å². The van der Waals surface area contributed by atoms with Crippen molar-refractivity contribution in [1.82, 2.24) is 19.3 Å². The average molecular weight is 340 g/mol. The molecule has 24 heavy (non-hydrogen) atoms. The van der Waals surface area contributed by atoms with Crippen molar-refractivity contribution in [1.29, 1.82) is 0 Å². The second kappa shape index (κ2) is 6.83. The minimum Gasteiger partial charge on any atom is -0.291 e. The number of likely N-dealkylation sites (tertiary alicyclic amines) is 1. The first-order valence-corrected chi connectivity index (χ1v) is 9.29. The molecule has 5 nitrogen and oxygen atoms in total. The second-order valence-corrected chi connectivity index (χ2v) is 7.13. The van der Waals surface area contributed by atoms with Gasteiger partial charge >= 0.3 is 0 Å². The number of nitrogens with zero attached hydrogens (tertiary/aromatic N) is 4. The minimum atomic E-state index is 0.00605. The van der Waals surface area contributed by atoms with E-state index < -0.39 is 0 Å². The Balaban J connectivity index is 1.65. The molecule has 0 aromatic carbocycles. The van der Waals surface area contributed by atoms with Crippen molar-refractivity contribution in [3.05, 3.63) is 63.8 Å². The molecule has 3 aromatic rings. The Morgan fingerprint density at radius 3 is 2.96 bits per heavy atom. The van der Waals surface area contributed by atoms with E-state index in [1.807, 2.05) is 17.8 Å². The van der Waals surface area contributed by atoms with Crippen LogP contribution >= 0.6 is 11.3 Å². The third-order valence-electron chi connectivity index (χ3n) is 4.68. The van der Waals surface area contributed by atoms with Crippen molar-refractivity contribution in [3.8, 4) is 0 Å². The number of hydrogen-bond donors (Lipinski definition) is 0. The Morgan fingerprint density at radius 1 is 1.21 bits per heavy atom. The summed E-state index contributed by atoms with van der Waals surface area (Å²) in [4.78, 5) is 24.3. The zero-order valence-electron chi connectivity index (χ0n) is 13.5. The highest BCUT2D eigenvalue weighted by atomic mass is 32.1. The Morgan fingerprint density at radius 2 is 2.08 bits per heavy atom. The van der Waals surface area contributed by atoms with Gasteiger partial charge in [-0.2, -0.15) is 0 Å². The largest absolute Gasteiger partial charge is 0.291 e. The summed E-state index contributed by atoms with van der Waals surface area (Å²) in [5.74, 6) is 0. The summed E-state index contributed by atoms with van der Waals surface area (Å²) in [7, 11) is 0. The molecule has 1 aliphatic heterocycles. The monoisotopic (exact) mass is 340 g/mol. The van der Waals surface area contributed by atoms with Gasteiger partial charge in [0.05, 0.1) is 5.69 Å². The first-order chi connectivity index (χ1) is 11.8. The summed E-state index contributed by atoms with van der Waals surface area (Å²) in [5, 5.41) is 1.90. The van der Waals surface area contributed by atoms with E-state index in [9.17, 15) is 4.79 Å². The van der Waals surface area contributed by atoms with Crippen LogP contribution in [-0.4, -0.2) is 25.8 Å². The first kappa shape index (κ1) is 15.5. The lowest BCUT2D eigenvalue weighted by atomic mass is 10.0. The number of pyridine rings is 1. The number of thiazole rings is 1. The molecule has 0 radical (unpaired) electrons. The Bertz CT molecular complexity index is 873. The highest BCUT2D eigenvalue weighted by Gasteiger charge is 2.23. The molecule has 3 aromatic heterocycles. The van der Waals surface area contributed by atoms with Crippen LogP contribution in [0.5, 0.6) is 0 Å². The number of aromatic nitrogens is 3. The maximum Gasteiger partial charge on any atom is 0.258 e. The van der Waals surface area contributed by atoms with Crippen LogP contribution in [0.2, 0.25) is 0 Å². The molecule has 0 saturated carbocycles. The van der Waals surface area contributed by atoms with E-state index in [0.29, 0.717) is 6.04 Å². The van der Waals surface area contributed by atoms with Gasteiger partial charge in [-0.25, -0.2) is 4.98 Å². The van der Waals surface area contributed by atoms with Gasteiger partial charge in [-0.1, -0.05) is 12.8 Å². The van der Waals surface area contributed by atoms with Crippen molar-refractivity contribution < 1.29 is 0 Å². The maximum atomic E-state index is 12.2. The number of rotatable bonds is 3. The molecular formula is C18H20N4OS. The molecule has 1 saturated heterocycles. The van der Waals surface area contributed by atoms with Gasteiger partial charge in [-0.05, 0) is 37.1 Å². The predicted molar refractivity (Wildman–Crippen MR) is 95.2 cm³/mol. The molecule has 124 valence electrons. The molecule has 1 fully saturated rings. The zero-order valence-corrected chi connectivity index (χ0v) is 14.3. The van der Waals surface area contributed by atoms with Crippen molar-refractivity contribution in [2.24, 2.45) is 0 Å². The van der Waals surface area contributed by atoms with Gasteiger partial charge in [0.1, 0.15) is 0 Å². The molecule has 6 heteroatoms. The number of hydrogen-bond acceptors (Lipinski definition) is 5. The van der Waals surface area contributed by atoms with E-state index >= 15 is 0 Å². The van der Waals surface area contributed by atoms with E-state index in [-0.39, 0.29) is 5.56 Å². The van der Waals surface area contributed by atoms with Gasteiger partial charge in [-0.15, -0.1) is 11.3 Å².